The van der Waals surface area contributed by atoms with Crippen LogP contribution in [0.15, 0.2) is 48.5 Å². The van der Waals surface area contributed by atoms with Gasteiger partial charge < -0.3 is 10.6 Å². The van der Waals surface area contributed by atoms with E-state index >= 15 is 0 Å². The minimum Gasteiger partial charge on any atom is -0.366 e. The Morgan fingerprint density at radius 2 is 1.27 bits per heavy atom. The lowest BCUT2D eigenvalue weighted by atomic mass is 9.92. The summed E-state index contributed by atoms with van der Waals surface area (Å²) in [4.78, 5) is 15.6. The smallest absolute Gasteiger partial charge is 0.196 e. The van der Waals surface area contributed by atoms with Gasteiger partial charge in [-0.25, -0.2) is 0 Å². The highest BCUT2D eigenvalue weighted by Crippen LogP contribution is 2.44. The van der Waals surface area contributed by atoms with Crippen LogP contribution in [0.3, 0.4) is 0 Å². The largest absolute Gasteiger partial charge is 0.366 e. The van der Waals surface area contributed by atoms with E-state index < -0.39 is 0 Å². The van der Waals surface area contributed by atoms with Crippen LogP contribution in [0, 0.1) is 0 Å². The summed E-state index contributed by atoms with van der Waals surface area (Å²) in [6, 6.07) is 16.5. The van der Waals surface area contributed by atoms with Crippen molar-refractivity contribution in [2.24, 2.45) is 5.73 Å². The minimum absolute atomic E-state index is 0.187. The quantitative estimate of drug-likeness (QED) is 0.466. The fourth-order valence-corrected chi connectivity index (χ4v) is 4.90. The predicted molar refractivity (Wildman–Crippen MR) is 125 cm³/mol. The summed E-state index contributed by atoms with van der Waals surface area (Å²) in [6.07, 6.45) is 11.6. The summed E-state index contributed by atoms with van der Waals surface area (Å²) in [5, 5.41) is 0. The highest BCUT2D eigenvalue weighted by Gasteiger charge is 2.36. The molecule has 1 aliphatic carbocycles. The normalized spacial score (nSPS) is 14.7. The summed E-state index contributed by atoms with van der Waals surface area (Å²) in [5.74, 6) is 0.187. The van der Waals surface area contributed by atoms with Crippen LogP contribution in [0.4, 0.5) is 0 Å². The van der Waals surface area contributed by atoms with Crippen molar-refractivity contribution in [3.8, 4) is 0 Å². The SMILES string of the molecule is NCCCCCCCCCCCN1Cc2ccccc2C2=C1c1ccccc1C2=O. The van der Waals surface area contributed by atoms with Crippen molar-refractivity contribution in [3.05, 3.63) is 70.8 Å². The van der Waals surface area contributed by atoms with E-state index in [0.29, 0.717) is 0 Å². The Bertz CT molecular complexity index is 915. The molecule has 4 rings (SSSR count). The molecule has 2 aromatic carbocycles. The molecule has 0 amide bonds. The number of benzene rings is 2. The van der Waals surface area contributed by atoms with Crippen molar-refractivity contribution >= 4 is 17.1 Å². The average Bonchev–Trinajstić information content (AvgIpc) is 3.08. The molecular formula is C27H34N2O. The van der Waals surface area contributed by atoms with Crippen LogP contribution in [0.25, 0.3) is 11.3 Å². The zero-order valence-electron chi connectivity index (χ0n) is 18.0. The van der Waals surface area contributed by atoms with Crippen LogP contribution in [0.1, 0.15) is 84.8 Å². The van der Waals surface area contributed by atoms with Gasteiger partial charge in [0.05, 0.1) is 11.3 Å². The van der Waals surface area contributed by atoms with Crippen LogP contribution < -0.4 is 5.73 Å². The summed E-state index contributed by atoms with van der Waals surface area (Å²) < 4.78 is 0. The van der Waals surface area contributed by atoms with Gasteiger partial charge in [-0.05, 0) is 30.5 Å². The number of nitrogens with zero attached hydrogens (tertiary/aromatic N) is 1. The molecule has 1 aliphatic heterocycles. The number of Topliss-reactive ketones (excluding diaryl/α,β-unsaturated/α-hetero) is 1. The van der Waals surface area contributed by atoms with Gasteiger partial charge in [-0.2, -0.15) is 0 Å². The lowest BCUT2D eigenvalue weighted by molar-refractivity contribution is 0.105. The number of hydrogen-bond acceptors (Lipinski definition) is 3. The third-order valence-electron chi connectivity index (χ3n) is 6.49. The maximum atomic E-state index is 13.2. The van der Waals surface area contributed by atoms with Gasteiger partial charge in [-0.3, -0.25) is 4.79 Å². The molecule has 158 valence electrons. The van der Waals surface area contributed by atoms with E-state index in [9.17, 15) is 4.79 Å². The Hall–Kier alpha value is -2.39. The number of allylic oxidation sites excluding steroid dienone is 1. The van der Waals surface area contributed by atoms with Gasteiger partial charge in [-0.1, -0.05) is 93.5 Å². The van der Waals surface area contributed by atoms with Crippen molar-refractivity contribution in [2.75, 3.05) is 13.1 Å². The summed E-state index contributed by atoms with van der Waals surface area (Å²) in [5.41, 5.74) is 12.0. The summed E-state index contributed by atoms with van der Waals surface area (Å²) in [7, 11) is 0. The molecule has 0 fully saturated rings. The van der Waals surface area contributed by atoms with Gasteiger partial charge in [0.25, 0.3) is 0 Å². The van der Waals surface area contributed by atoms with Crippen molar-refractivity contribution in [3.63, 3.8) is 0 Å². The molecule has 0 bridgehead atoms. The summed E-state index contributed by atoms with van der Waals surface area (Å²) >= 11 is 0. The van der Waals surface area contributed by atoms with Gasteiger partial charge in [0, 0.05) is 24.2 Å². The van der Waals surface area contributed by atoms with Gasteiger partial charge in [0.2, 0.25) is 0 Å². The second kappa shape index (κ2) is 10.1. The molecule has 0 radical (unpaired) electrons. The van der Waals surface area contributed by atoms with Crippen LogP contribution in [-0.2, 0) is 6.54 Å². The molecule has 0 atom stereocenters. The zero-order chi connectivity index (χ0) is 20.8. The molecule has 0 unspecified atom stereocenters. The topological polar surface area (TPSA) is 46.3 Å². The van der Waals surface area contributed by atoms with Crippen LogP contribution in [-0.4, -0.2) is 23.8 Å². The number of carbonyl (C=O) groups excluding carboxylic acids is 1. The molecular weight excluding hydrogens is 368 g/mol. The van der Waals surface area contributed by atoms with E-state index in [1.54, 1.807) is 0 Å². The Kier molecular flexibility index (Phi) is 7.01. The fourth-order valence-electron chi connectivity index (χ4n) is 4.90. The van der Waals surface area contributed by atoms with Crippen molar-refractivity contribution < 1.29 is 4.79 Å². The number of nitrogens with two attached hydrogens (primary N) is 1. The van der Waals surface area contributed by atoms with Gasteiger partial charge in [-0.15, -0.1) is 0 Å². The predicted octanol–water partition coefficient (Wildman–Crippen LogP) is 6.04. The highest BCUT2D eigenvalue weighted by molar-refractivity contribution is 6.40. The third-order valence-corrected chi connectivity index (χ3v) is 6.49. The maximum absolute atomic E-state index is 13.2. The Labute approximate surface area is 181 Å². The molecule has 2 aromatic rings. The number of hydrogen-bond donors (Lipinski definition) is 1. The molecule has 2 N–H and O–H groups in total. The second-order valence-corrected chi connectivity index (χ2v) is 8.65. The van der Waals surface area contributed by atoms with E-state index in [-0.39, 0.29) is 5.78 Å². The van der Waals surface area contributed by atoms with Gasteiger partial charge >= 0.3 is 0 Å². The number of rotatable bonds is 11. The molecule has 3 nitrogen and oxygen atoms in total. The lowest BCUT2D eigenvalue weighted by Crippen LogP contribution is -2.27. The highest BCUT2D eigenvalue weighted by atomic mass is 16.1. The fraction of sp³-hybridized carbons (Fsp3) is 0.444. The van der Waals surface area contributed by atoms with Crippen molar-refractivity contribution in [1.29, 1.82) is 0 Å². The first-order valence-corrected chi connectivity index (χ1v) is 11.7. The molecule has 30 heavy (non-hydrogen) atoms. The second-order valence-electron chi connectivity index (χ2n) is 8.65. The van der Waals surface area contributed by atoms with Crippen LogP contribution >= 0.6 is 0 Å². The number of unbranched alkanes of at least 4 members (excludes halogenated alkanes) is 8. The first kappa shape index (κ1) is 20.9. The Morgan fingerprint density at radius 1 is 0.700 bits per heavy atom. The summed E-state index contributed by atoms with van der Waals surface area (Å²) in [6.45, 7) is 2.75. The molecule has 2 aliphatic rings. The van der Waals surface area contributed by atoms with Crippen molar-refractivity contribution in [2.45, 2.75) is 64.3 Å². The number of fused-ring (bicyclic) bond motifs is 4. The molecule has 0 spiro atoms. The standard InChI is InChI=1S/C27H34N2O/c28-18-12-6-4-2-1-3-5-7-13-19-29-20-21-14-8-9-15-22(21)25-26(29)23-16-10-11-17-24(23)27(25)30/h8-11,14-17H,1-7,12-13,18-20,28H2. The van der Waals surface area contributed by atoms with Crippen molar-refractivity contribution in [1.82, 2.24) is 4.90 Å². The number of ketones is 1. The zero-order valence-corrected chi connectivity index (χ0v) is 18.0. The van der Waals surface area contributed by atoms with Gasteiger partial charge in [0.1, 0.15) is 0 Å². The van der Waals surface area contributed by atoms with E-state index in [0.717, 1.165) is 47.6 Å². The van der Waals surface area contributed by atoms with Gasteiger partial charge in [0.15, 0.2) is 5.78 Å². The van der Waals surface area contributed by atoms with Crippen LogP contribution in [0.5, 0.6) is 0 Å². The van der Waals surface area contributed by atoms with E-state index in [2.05, 4.69) is 29.2 Å². The monoisotopic (exact) mass is 402 g/mol. The molecule has 0 saturated carbocycles. The van der Waals surface area contributed by atoms with E-state index in [1.165, 1.54) is 63.4 Å². The first-order valence-electron chi connectivity index (χ1n) is 11.7. The van der Waals surface area contributed by atoms with E-state index in [4.69, 9.17) is 5.73 Å². The third kappa shape index (κ3) is 4.37. The number of carbonyl (C=O) groups is 1. The molecule has 3 heteroatoms. The Balaban J connectivity index is 1.36. The Morgan fingerprint density at radius 3 is 1.97 bits per heavy atom. The van der Waals surface area contributed by atoms with Crippen LogP contribution in [0.2, 0.25) is 0 Å². The first-order chi connectivity index (χ1) is 14.8. The molecule has 1 heterocycles. The minimum atomic E-state index is 0.187. The average molecular weight is 403 g/mol. The van der Waals surface area contributed by atoms with E-state index in [1.807, 2.05) is 24.3 Å². The molecule has 0 saturated heterocycles. The lowest BCUT2D eigenvalue weighted by Gasteiger charge is -2.32. The maximum Gasteiger partial charge on any atom is 0.196 e. The molecule has 0 aromatic heterocycles.